The molecule has 0 bridgehead atoms. The predicted molar refractivity (Wildman–Crippen MR) is 111 cm³/mol. The number of H-pyrrole nitrogens is 1. The van der Waals surface area contributed by atoms with Crippen LogP contribution in [0.4, 0.5) is 26.2 Å². The number of nitrogens with two attached hydrogens (primary N) is 1. The van der Waals surface area contributed by atoms with Crippen LogP contribution < -0.4 is 25.3 Å². The molecule has 11 heteroatoms. The third-order valence-corrected chi connectivity index (χ3v) is 4.60. The van der Waals surface area contributed by atoms with Crippen LogP contribution >= 0.6 is 0 Å². The number of nitrogens with zero attached hydrogens (tertiary/aromatic N) is 3. The molecule has 0 radical (unpaired) electrons. The van der Waals surface area contributed by atoms with E-state index in [1.54, 1.807) is 12.1 Å². The molecule has 0 spiro atoms. The van der Waals surface area contributed by atoms with Crippen LogP contribution in [0.25, 0.3) is 22.2 Å². The minimum Gasteiger partial charge on any atom is -0.493 e. The number of aromatic amines is 1. The summed E-state index contributed by atoms with van der Waals surface area (Å²) in [5.74, 6) is -0.319. The highest BCUT2D eigenvalue weighted by Gasteiger charge is 2.17. The first-order valence-electron chi connectivity index (χ1n) is 8.98. The fourth-order valence-electron chi connectivity index (χ4n) is 3.14. The maximum Gasteiger partial charge on any atom is 0.229 e. The van der Waals surface area contributed by atoms with E-state index in [4.69, 9.17) is 19.9 Å². The van der Waals surface area contributed by atoms with E-state index < -0.39 is 11.6 Å². The van der Waals surface area contributed by atoms with Gasteiger partial charge in [0.15, 0.2) is 23.1 Å². The summed E-state index contributed by atoms with van der Waals surface area (Å²) in [4.78, 5) is 8.50. The number of fused-ring (bicyclic) bond motifs is 1. The Morgan fingerprint density at radius 3 is 2.26 bits per heavy atom. The van der Waals surface area contributed by atoms with Crippen molar-refractivity contribution in [2.75, 3.05) is 32.4 Å². The van der Waals surface area contributed by atoms with E-state index in [1.807, 2.05) is 0 Å². The third-order valence-electron chi connectivity index (χ3n) is 4.60. The molecular formula is C20H18F2N6O3. The van der Waals surface area contributed by atoms with Crippen molar-refractivity contribution in [1.82, 2.24) is 20.2 Å². The first-order valence-corrected chi connectivity index (χ1v) is 8.98. The summed E-state index contributed by atoms with van der Waals surface area (Å²) in [7, 11) is 4.52. The molecule has 0 atom stereocenters. The molecule has 0 saturated carbocycles. The van der Waals surface area contributed by atoms with E-state index in [1.165, 1.54) is 27.5 Å². The number of rotatable bonds is 6. The lowest BCUT2D eigenvalue weighted by atomic mass is 10.1. The number of hydrogen-bond donors (Lipinski definition) is 3. The summed E-state index contributed by atoms with van der Waals surface area (Å²) in [6.45, 7) is 0. The molecule has 4 aromatic rings. The molecule has 2 aromatic heterocycles. The van der Waals surface area contributed by atoms with Crippen LogP contribution in [0.15, 0.2) is 30.5 Å². The predicted octanol–water partition coefficient (Wildman–Crippen LogP) is 3.65. The SMILES string of the molecule is COc1cc(Nc2ncc(-c3n[nH]c4cc(F)c(F)cc34)c(N)n2)cc(OC)c1OC. The number of nitrogen functional groups attached to an aromatic ring is 1. The molecule has 4 rings (SSSR count). The van der Waals surface area contributed by atoms with Crippen molar-refractivity contribution in [2.45, 2.75) is 0 Å². The van der Waals surface area contributed by atoms with Crippen LogP contribution in [0.5, 0.6) is 17.2 Å². The largest absolute Gasteiger partial charge is 0.493 e. The molecule has 0 saturated heterocycles. The number of benzene rings is 2. The van der Waals surface area contributed by atoms with Crippen molar-refractivity contribution in [3.8, 4) is 28.5 Å². The number of hydrogen-bond acceptors (Lipinski definition) is 8. The highest BCUT2D eigenvalue weighted by Crippen LogP contribution is 2.40. The molecule has 9 nitrogen and oxygen atoms in total. The Kier molecular flexibility index (Phi) is 5.15. The molecule has 31 heavy (non-hydrogen) atoms. The Hall–Kier alpha value is -4.15. The summed E-state index contributed by atoms with van der Waals surface area (Å²) in [6, 6.07) is 5.45. The lowest BCUT2D eigenvalue weighted by Gasteiger charge is -2.14. The lowest BCUT2D eigenvalue weighted by molar-refractivity contribution is 0.324. The first kappa shape index (κ1) is 20.1. The minimum atomic E-state index is -0.990. The van der Waals surface area contributed by atoms with Crippen LogP contribution in [0.3, 0.4) is 0 Å². The smallest absolute Gasteiger partial charge is 0.229 e. The van der Waals surface area contributed by atoms with Gasteiger partial charge in [0.2, 0.25) is 11.7 Å². The molecule has 0 fully saturated rings. The molecule has 0 amide bonds. The quantitative estimate of drug-likeness (QED) is 0.426. The average Bonchev–Trinajstić information content (AvgIpc) is 3.15. The Morgan fingerprint density at radius 2 is 1.65 bits per heavy atom. The van der Waals surface area contributed by atoms with Crippen LogP contribution in [-0.2, 0) is 0 Å². The van der Waals surface area contributed by atoms with Gasteiger partial charge in [-0.15, -0.1) is 0 Å². The topological polar surface area (TPSA) is 120 Å². The maximum absolute atomic E-state index is 13.7. The van der Waals surface area contributed by atoms with E-state index in [9.17, 15) is 8.78 Å². The molecule has 4 N–H and O–H groups in total. The number of ether oxygens (including phenoxy) is 3. The van der Waals surface area contributed by atoms with Crippen molar-refractivity contribution in [3.05, 3.63) is 42.1 Å². The van der Waals surface area contributed by atoms with Gasteiger partial charge in [0.1, 0.15) is 11.5 Å². The van der Waals surface area contributed by atoms with Gasteiger partial charge in [-0.1, -0.05) is 0 Å². The molecule has 160 valence electrons. The van der Waals surface area contributed by atoms with Gasteiger partial charge in [0.05, 0.1) is 32.4 Å². The summed E-state index contributed by atoms with van der Waals surface area (Å²) in [5, 5.41) is 10.1. The summed E-state index contributed by atoms with van der Waals surface area (Å²) < 4.78 is 43.1. The second kappa shape index (κ2) is 7.94. The Morgan fingerprint density at radius 1 is 0.968 bits per heavy atom. The zero-order valence-corrected chi connectivity index (χ0v) is 16.8. The first-order chi connectivity index (χ1) is 14.9. The minimum absolute atomic E-state index is 0.100. The van der Waals surface area contributed by atoms with E-state index in [2.05, 4.69) is 25.5 Å². The average molecular weight is 428 g/mol. The van der Waals surface area contributed by atoms with Gasteiger partial charge < -0.3 is 25.3 Å². The standard InChI is InChI=1S/C20H18F2N6O3/c1-29-15-4-9(5-16(30-2)18(15)31-3)25-20-24-8-11(19(23)26-20)17-10-6-12(21)13(22)7-14(10)27-28-17/h4-8H,1-3H3,(H,27,28)(H3,23,24,25,26). The lowest BCUT2D eigenvalue weighted by Crippen LogP contribution is -2.03. The normalized spacial score (nSPS) is 10.9. The molecule has 0 aliphatic rings. The Bertz CT molecular complexity index is 1250. The van der Waals surface area contributed by atoms with Crippen molar-refractivity contribution < 1.29 is 23.0 Å². The molecule has 0 aliphatic heterocycles. The van der Waals surface area contributed by atoms with E-state index >= 15 is 0 Å². The summed E-state index contributed by atoms with van der Waals surface area (Å²) >= 11 is 0. The zero-order valence-electron chi connectivity index (χ0n) is 16.8. The molecule has 2 aromatic carbocycles. The fourth-order valence-corrected chi connectivity index (χ4v) is 3.14. The number of methoxy groups -OCH3 is 3. The van der Waals surface area contributed by atoms with E-state index in [0.717, 1.165) is 12.1 Å². The fraction of sp³-hybridized carbons (Fsp3) is 0.150. The number of nitrogens with one attached hydrogen (secondary N) is 2. The molecule has 0 aliphatic carbocycles. The van der Waals surface area contributed by atoms with Gasteiger partial charge in [0, 0.05) is 35.5 Å². The second-order valence-electron chi connectivity index (χ2n) is 6.42. The van der Waals surface area contributed by atoms with Gasteiger partial charge in [-0.2, -0.15) is 10.1 Å². The van der Waals surface area contributed by atoms with Gasteiger partial charge >= 0.3 is 0 Å². The second-order valence-corrected chi connectivity index (χ2v) is 6.42. The molecule has 0 unspecified atom stereocenters. The van der Waals surface area contributed by atoms with Crippen LogP contribution in [0.1, 0.15) is 0 Å². The maximum atomic E-state index is 13.7. The highest BCUT2D eigenvalue weighted by molar-refractivity contribution is 5.95. The van der Waals surface area contributed by atoms with Gasteiger partial charge in [0.25, 0.3) is 0 Å². The van der Waals surface area contributed by atoms with E-state index in [-0.39, 0.29) is 11.8 Å². The van der Waals surface area contributed by atoms with Crippen LogP contribution in [-0.4, -0.2) is 41.5 Å². The van der Waals surface area contributed by atoms with Crippen molar-refractivity contribution >= 4 is 28.4 Å². The monoisotopic (exact) mass is 428 g/mol. The van der Waals surface area contributed by atoms with E-state index in [0.29, 0.717) is 45.1 Å². The van der Waals surface area contributed by atoms with Gasteiger partial charge in [-0.25, -0.2) is 13.8 Å². The third kappa shape index (κ3) is 3.61. The van der Waals surface area contributed by atoms with Crippen molar-refractivity contribution in [3.63, 3.8) is 0 Å². The van der Waals surface area contributed by atoms with Gasteiger partial charge in [-0.3, -0.25) is 5.10 Å². The zero-order chi connectivity index (χ0) is 22.1. The number of anilines is 3. The van der Waals surface area contributed by atoms with Crippen molar-refractivity contribution in [1.29, 1.82) is 0 Å². The summed E-state index contributed by atoms with van der Waals surface area (Å²) in [5.41, 5.74) is 7.68. The highest BCUT2D eigenvalue weighted by atomic mass is 19.2. The van der Waals surface area contributed by atoms with Crippen LogP contribution in [0, 0.1) is 11.6 Å². The molecular weight excluding hydrogens is 410 g/mol. The number of aromatic nitrogens is 4. The number of halogens is 2. The van der Waals surface area contributed by atoms with Crippen LogP contribution in [0.2, 0.25) is 0 Å². The summed E-state index contributed by atoms with van der Waals surface area (Å²) in [6.07, 6.45) is 1.44. The van der Waals surface area contributed by atoms with Gasteiger partial charge in [-0.05, 0) is 6.07 Å². The Balaban J connectivity index is 1.68. The molecule has 2 heterocycles. The Labute approximate surface area is 175 Å². The van der Waals surface area contributed by atoms with Crippen molar-refractivity contribution in [2.24, 2.45) is 0 Å².